The number of rotatable bonds is 7. The van der Waals surface area contributed by atoms with Gasteiger partial charge in [0, 0.05) is 52.2 Å². The first-order valence-corrected chi connectivity index (χ1v) is 9.51. The lowest BCUT2D eigenvalue weighted by Crippen LogP contribution is -2.57. The molecule has 2 saturated heterocycles. The minimum Gasteiger partial charge on any atom is -0.383 e. The molecule has 2 aliphatic heterocycles. The van der Waals surface area contributed by atoms with Crippen molar-refractivity contribution < 1.29 is 19.1 Å². The molecule has 27 heavy (non-hydrogen) atoms. The number of hydrogen-bond acceptors (Lipinski definition) is 6. The second-order valence-electron chi connectivity index (χ2n) is 7.00. The average Bonchev–Trinajstić information content (AvgIpc) is 3.24. The van der Waals surface area contributed by atoms with Gasteiger partial charge in [0.1, 0.15) is 5.54 Å². The normalized spacial score (nSPS) is 20.4. The van der Waals surface area contributed by atoms with Gasteiger partial charge in [-0.05, 0) is 18.9 Å². The summed E-state index contributed by atoms with van der Waals surface area (Å²) in [5.41, 5.74) is -0.757. The Hall–Kier alpha value is -1.97. The van der Waals surface area contributed by atoms with Crippen LogP contribution >= 0.6 is 0 Å². The Bertz CT molecular complexity index is 607. The van der Waals surface area contributed by atoms with Crippen molar-refractivity contribution in [1.29, 1.82) is 0 Å². The first-order valence-electron chi connectivity index (χ1n) is 9.51. The first-order chi connectivity index (χ1) is 13.2. The van der Waals surface area contributed by atoms with Crippen LogP contribution in [0.1, 0.15) is 12.8 Å². The van der Waals surface area contributed by atoms with Gasteiger partial charge in [0.05, 0.1) is 26.4 Å². The van der Waals surface area contributed by atoms with Gasteiger partial charge in [-0.2, -0.15) is 5.10 Å². The molecule has 150 valence electrons. The van der Waals surface area contributed by atoms with E-state index in [1.54, 1.807) is 18.0 Å². The summed E-state index contributed by atoms with van der Waals surface area (Å²) < 4.78 is 12.1. The zero-order chi connectivity index (χ0) is 19.1. The molecule has 2 aliphatic rings. The topological polar surface area (TPSA) is 88.9 Å². The fraction of sp³-hybridized carbons (Fsp3) is 0.722. The van der Waals surface area contributed by atoms with Crippen LogP contribution < -0.4 is 5.32 Å². The van der Waals surface area contributed by atoms with E-state index in [2.05, 4.69) is 15.3 Å². The maximum absolute atomic E-state index is 12.9. The van der Waals surface area contributed by atoms with Crippen LogP contribution in [-0.4, -0.2) is 97.6 Å². The van der Waals surface area contributed by atoms with E-state index in [0.717, 1.165) is 13.1 Å². The molecule has 1 aromatic rings. The summed E-state index contributed by atoms with van der Waals surface area (Å²) >= 11 is 0. The van der Waals surface area contributed by atoms with E-state index in [1.807, 2.05) is 17.2 Å². The molecule has 0 saturated carbocycles. The quantitative estimate of drug-likeness (QED) is 0.630. The predicted molar refractivity (Wildman–Crippen MR) is 98.2 cm³/mol. The largest absolute Gasteiger partial charge is 0.383 e. The van der Waals surface area contributed by atoms with Crippen LogP contribution in [0.4, 0.5) is 0 Å². The molecule has 0 spiro atoms. The highest BCUT2D eigenvalue weighted by Gasteiger charge is 2.44. The Morgan fingerprint density at radius 1 is 1.22 bits per heavy atom. The number of nitrogens with zero attached hydrogens (tertiary/aromatic N) is 4. The SMILES string of the molecule is COCCNC(=O)C1(n2cccn2)CCN(C(=O)CN2CCOCC2)CC1. The van der Waals surface area contributed by atoms with Crippen molar-refractivity contribution in [2.24, 2.45) is 0 Å². The van der Waals surface area contributed by atoms with Crippen LogP contribution in [0.15, 0.2) is 18.5 Å². The van der Waals surface area contributed by atoms with Gasteiger partial charge >= 0.3 is 0 Å². The Labute approximate surface area is 159 Å². The van der Waals surface area contributed by atoms with Crippen LogP contribution in [0.2, 0.25) is 0 Å². The predicted octanol–water partition coefficient (Wildman–Crippen LogP) is -0.704. The van der Waals surface area contributed by atoms with Gasteiger partial charge in [-0.15, -0.1) is 0 Å². The number of likely N-dealkylation sites (tertiary alicyclic amines) is 1. The Balaban J connectivity index is 1.61. The number of hydrogen-bond donors (Lipinski definition) is 1. The number of ether oxygens (including phenoxy) is 2. The van der Waals surface area contributed by atoms with E-state index in [-0.39, 0.29) is 11.8 Å². The number of methoxy groups -OCH3 is 1. The average molecular weight is 379 g/mol. The summed E-state index contributed by atoms with van der Waals surface area (Å²) in [7, 11) is 1.61. The third-order valence-electron chi connectivity index (χ3n) is 5.36. The molecule has 0 aliphatic carbocycles. The highest BCUT2D eigenvalue weighted by atomic mass is 16.5. The van der Waals surface area contributed by atoms with Crippen molar-refractivity contribution in [2.75, 3.05) is 66.2 Å². The highest BCUT2D eigenvalue weighted by molar-refractivity contribution is 5.85. The third kappa shape index (κ3) is 4.66. The number of morpholine rings is 1. The lowest BCUT2D eigenvalue weighted by Gasteiger charge is -2.41. The van der Waals surface area contributed by atoms with Crippen molar-refractivity contribution >= 4 is 11.8 Å². The van der Waals surface area contributed by atoms with Gasteiger partial charge in [0.15, 0.2) is 0 Å². The number of aromatic nitrogens is 2. The van der Waals surface area contributed by atoms with Crippen LogP contribution in [0.3, 0.4) is 0 Å². The summed E-state index contributed by atoms with van der Waals surface area (Å²) in [6.07, 6.45) is 4.59. The van der Waals surface area contributed by atoms with Gasteiger partial charge < -0.3 is 19.7 Å². The minimum atomic E-state index is -0.757. The molecule has 0 aromatic carbocycles. The number of piperidine rings is 1. The number of carbonyl (C=O) groups is 2. The Morgan fingerprint density at radius 2 is 1.96 bits per heavy atom. The second kappa shape index (κ2) is 9.29. The lowest BCUT2D eigenvalue weighted by molar-refractivity contribution is -0.141. The van der Waals surface area contributed by atoms with E-state index in [1.165, 1.54) is 0 Å². The fourth-order valence-corrected chi connectivity index (χ4v) is 3.69. The van der Waals surface area contributed by atoms with Gasteiger partial charge in [-0.25, -0.2) is 0 Å². The Morgan fingerprint density at radius 3 is 2.59 bits per heavy atom. The molecule has 3 rings (SSSR count). The van der Waals surface area contributed by atoms with E-state index < -0.39 is 5.54 Å². The van der Waals surface area contributed by atoms with E-state index in [0.29, 0.717) is 58.8 Å². The van der Waals surface area contributed by atoms with Gasteiger partial charge in [-0.1, -0.05) is 0 Å². The zero-order valence-corrected chi connectivity index (χ0v) is 15.9. The van der Waals surface area contributed by atoms with Crippen molar-refractivity contribution in [1.82, 2.24) is 24.9 Å². The number of amides is 2. The number of nitrogens with one attached hydrogen (secondary N) is 1. The van der Waals surface area contributed by atoms with Crippen molar-refractivity contribution in [2.45, 2.75) is 18.4 Å². The molecule has 1 aromatic heterocycles. The minimum absolute atomic E-state index is 0.0662. The molecule has 9 heteroatoms. The molecule has 2 amide bonds. The maximum Gasteiger partial charge on any atom is 0.248 e. The van der Waals surface area contributed by atoms with Crippen LogP contribution in [0.5, 0.6) is 0 Å². The molecule has 1 N–H and O–H groups in total. The van der Waals surface area contributed by atoms with Crippen LogP contribution in [0, 0.1) is 0 Å². The summed E-state index contributed by atoms with van der Waals surface area (Å²) in [6, 6.07) is 1.82. The highest BCUT2D eigenvalue weighted by Crippen LogP contribution is 2.30. The van der Waals surface area contributed by atoms with Crippen molar-refractivity contribution in [3.63, 3.8) is 0 Å². The molecule has 2 fully saturated rings. The lowest BCUT2D eigenvalue weighted by atomic mass is 9.86. The Kier molecular flexibility index (Phi) is 6.81. The van der Waals surface area contributed by atoms with Gasteiger partial charge in [-0.3, -0.25) is 19.2 Å². The standard InChI is InChI=1S/C18H29N5O4/c1-26-12-6-19-17(25)18(23-7-2-5-20-23)3-8-22(9-4-18)16(24)15-21-10-13-27-14-11-21/h2,5,7H,3-4,6,8-15H2,1H3,(H,19,25). The fourth-order valence-electron chi connectivity index (χ4n) is 3.69. The van der Waals surface area contributed by atoms with Gasteiger partial charge in [0.25, 0.3) is 0 Å². The summed E-state index contributed by atoms with van der Waals surface area (Å²) in [4.78, 5) is 29.6. The molecule has 0 unspecified atom stereocenters. The molecule has 0 radical (unpaired) electrons. The second-order valence-corrected chi connectivity index (χ2v) is 7.00. The summed E-state index contributed by atoms with van der Waals surface area (Å²) in [5, 5.41) is 7.27. The molecule has 3 heterocycles. The summed E-state index contributed by atoms with van der Waals surface area (Å²) in [6.45, 7) is 5.36. The monoisotopic (exact) mass is 379 g/mol. The van der Waals surface area contributed by atoms with Gasteiger partial charge in [0.2, 0.25) is 11.8 Å². The molecule has 0 atom stereocenters. The smallest absolute Gasteiger partial charge is 0.248 e. The van der Waals surface area contributed by atoms with E-state index in [9.17, 15) is 9.59 Å². The van der Waals surface area contributed by atoms with Crippen LogP contribution in [0.25, 0.3) is 0 Å². The van der Waals surface area contributed by atoms with Crippen molar-refractivity contribution in [3.05, 3.63) is 18.5 Å². The maximum atomic E-state index is 12.9. The van der Waals surface area contributed by atoms with Crippen molar-refractivity contribution in [3.8, 4) is 0 Å². The third-order valence-corrected chi connectivity index (χ3v) is 5.36. The first kappa shape index (κ1) is 19.8. The molecule has 0 bridgehead atoms. The van der Waals surface area contributed by atoms with Crippen LogP contribution in [-0.2, 0) is 24.6 Å². The molecule has 9 nitrogen and oxygen atoms in total. The van der Waals surface area contributed by atoms with E-state index in [4.69, 9.17) is 9.47 Å². The summed E-state index contributed by atoms with van der Waals surface area (Å²) in [5.74, 6) is 0.0503. The zero-order valence-electron chi connectivity index (χ0n) is 15.9. The molecular weight excluding hydrogens is 350 g/mol. The van der Waals surface area contributed by atoms with E-state index >= 15 is 0 Å². The molecular formula is C18H29N5O4. The number of carbonyl (C=O) groups excluding carboxylic acids is 2.